The van der Waals surface area contributed by atoms with Gasteiger partial charge >= 0.3 is 0 Å². The predicted octanol–water partition coefficient (Wildman–Crippen LogP) is 5.33. The number of benzene rings is 2. The van der Waals surface area contributed by atoms with E-state index in [1.165, 1.54) is 22.4 Å². The molecule has 1 fully saturated rings. The first kappa shape index (κ1) is 17.8. The van der Waals surface area contributed by atoms with Crippen LogP contribution in [0, 0.1) is 13.8 Å². The summed E-state index contributed by atoms with van der Waals surface area (Å²) in [7, 11) is 0. The highest BCUT2D eigenvalue weighted by Gasteiger charge is 2.33. The summed E-state index contributed by atoms with van der Waals surface area (Å²) in [6, 6.07) is 17.5. The fourth-order valence-corrected chi connectivity index (χ4v) is 3.88. The van der Waals surface area contributed by atoms with Crippen molar-refractivity contribution in [2.45, 2.75) is 45.2 Å². The van der Waals surface area contributed by atoms with Crippen LogP contribution in [0.5, 0.6) is 0 Å². The molecule has 132 valence electrons. The van der Waals surface area contributed by atoms with E-state index in [1.807, 2.05) is 0 Å². The number of hydrogen-bond donors (Lipinski definition) is 1. The van der Waals surface area contributed by atoms with Crippen molar-refractivity contribution in [2.75, 3.05) is 18.4 Å². The van der Waals surface area contributed by atoms with E-state index in [2.05, 4.69) is 85.3 Å². The van der Waals surface area contributed by atoms with E-state index in [1.54, 1.807) is 0 Å². The van der Waals surface area contributed by atoms with Gasteiger partial charge in [-0.1, -0.05) is 54.1 Å². The molecule has 0 radical (unpaired) electrons. The fourth-order valence-electron chi connectivity index (χ4n) is 3.88. The van der Waals surface area contributed by atoms with Crippen molar-refractivity contribution in [1.82, 2.24) is 4.90 Å². The van der Waals surface area contributed by atoms with Crippen molar-refractivity contribution in [2.24, 2.45) is 0 Å². The summed E-state index contributed by atoms with van der Waals surface area (Å²) in [5.41, 5.74) is 5.45. The van der Waals surface area contributed by atoms with E-state index in [0.717, 1.165) is 38.9 Å². The van der Waals surface area contributed by atoms with Crippen LogP contribution in [-0.2, 0) is 6.54 Å². The molecule has 0 bridgehead atoms. The van der Waals surface area contributed by atoms with Crippen LogP contribution in [0.2, 0.25) is 0 Å². The fraction of sp³-hybridized carbons (Fsp3) is 0.391. The number of nitrogens with one attached hydrogen (secondary N) is 1. The van der Waals surface area contributed by atoms with Gasteiger partial charge < -0.3 is 5.32 Å². The first-order chi connectivity index (χ1) is 12.1. The first-order valence-corrected chi connectivity index (χ1v) is 9.33. The lowest BCUT2D eigenvalue weighted by Gasteiger charge is -2.43. The number of aryl methyl sites for hydroxylation is 2. The van der Waals surface area contributed by atoms with E-state index >= 15 is 0 Å². The Bertz CT molecular complexity index is 697. The Morgan fingerprint density at radius 3 is 2.44 bits per heavy atom. The Labute approximate surface area is 152 Å². The number of piperidine rings is 1. The Kier molecular flexibility index (Phi) is 5.60. The maximum atomic E-state index is 4.01. The van der Waals surface area contributed by atoms with Gasteiger partial charge in [-0.25, -0.2) is 0 Å². The van der Waals surface area contributed by atoms with Crippen LogP contribution in [-0.4, -0.2) is 23.5 Å². The maximum Gasteiger partial charge on any atom is 0.0432 e. The monoisotopic (exact) mass is 334 g/mol. The third-order valence-corrected chi connectivity index (χ3v) is 5.38. The molecule has 0 unspecified atom stereocenters. The van der Waals surface area contributed by atoms with Crippen LogP contribution in [0.3, 0.4) is 0 Å². The summed E-state index contributed by atoms with van der Waals surface area (Å²) in [4.78, 5) is 2.57. The highest BCUT2D eigenvalue weighted by Crippen LogP contribution is 2.32. The average Bonchev–Trinajstić information content (AvgIpc) is 2.61. The molecule has 2 aromatic carbocycles. The van der Waals surface area contributed by atoms with Crippen LogP contribution in [0.4, 0.5) is 5.69 Å². The third-order valence-electron chi connectivity index (χ3n) is 5.38. The zero-order valence-electron chi connectivity index (χ0n) is 15.6. The summed E-state index contributed by atoms with van der Waals surface area (Å²) in [5.74, 6) is 0. The van der Waals surface area contributed by atoms with E-state index < -0.39 is 0 Å². The first-order valence-electron chi connectivity index (χ1n) is 9.33. The number of nitrogens with zero attached hydrogens (tertiary/aromatic N) is 1. The molecule has 2 heteroatoms. The molecular formula is C23H30N2. The molecule has 0 aliphatic carbocycles. The Balaban J connectivity index is 1.67. The van der Waals surface area contributed by atoms with Crippen molar-refractivity contribution >= 4 is 5.69 Å². The number of anilines is 1. The van der Waals surface area contributed by atoms with Gasteiger partial charge in [-0.05, 0) is 50.3 Å². The molecule has 0 spiro atoms. The summed E-state index contributed by atoms with van der Waals surface area (Å²) in [6.45, 7) is 11.7. The number of rotatable bonds is 6. The van der Waals surface area contributed by atoms with Crippen LogP contribution in [0.25, 0.3) is 0 Å². The second-order valence-corrected chi connectivity index (χ2v) is 7.48. The molecular weight excluding hydrogens is 304 g/mol. The van der Waals surface area contributed by atoms with Gasteiger partial charge in [-0.2, -0.15) is 0 Å². The van der Waals surface area contributed by atoms with E-state index in [4.69, 9.17) is 0 Å². The van der Waals surface area contributed by atoms with E-state index in [0.29, 0.717) is 0 Å². The molecule has 0 atom stereocenters. The lowest BCUT2D eigenvalue weighted by molar-refractivity contribution is 0.167. The molecule has 1 heterocycles. The molecule has 2 nitrogen and oxygen atoms in total. The normalized spacial score (nSPS) is 17.2. The standard InChI is InChI=1S/C23H30N2/c1-4-12-23(24-22-11-10-19(2)17-20(22)3)13-15-25(16-14-23)18-21-8-6-5-7-9-21/h4-11,17,24H,1,12-16,18H2,2-3H3. The topological polar surface area (TPSA) is 15.3 Å². The SMILES string of the molecule is C=CCC1(Nc2ccc(C)cc2C)CCN(Cc2ccccc2)CC1. The van der Waals surface area contributed by atoms with Crippen molar-refractivity contribution in [3.63, 3.8) is 0 Å². The minimum Gasteiger partial charge on any atom is -0.379 e. The zero-order chi connectivity index (χ0) is 17.7. The summed E-state index contributed by atoms with van der Waals surface area (Å²) in [5, 5.41) is 3.88. The Hall–Kier alpha value is -2.06. The van der Waals surface area contributed by atoms with Gasteiger partial charge in [0.1, 0.15) is 0 Å². The molecule has 0 aromatic heterocycles. The molecule has 2 aromatic rings. The predicted molar refractivity (Wildman–Crippen MR) is 108 cm³/mol. The third kappa shape index (κ3) is 4.52. The zero-order valence-corrected chi connectivity index (χ0v) is 15.6. The van der Waals surface area contributed by atoms with Gasteiger partial charge in [0.15, 0.2) is 0 Å². The van der Waals surface area contributed by atoms with Crippen molar-refractivity contribution in [1.29, 1.82) is 0 Å². The minimum absolute atomic E-state index is 0.134. The van der Waals surface area contributed by atoms with Gasteiger partial charge in [0.05, 0.1) is 0 Å². The van der Waals surface area contributed by atoms with Crippen molar-refractivity contribution in [3.05, 3.63) is 77.9 Å². The summed E-state index contributed by atoms with van der Waals surface area (Å²) >= 11 is 0. The highest BCUT2D eigenvalue weighted by atomic mass is 15.2. The van der Waals surface area contributed by atoms with E-state index in [-0.39, 0.29) is 5.54 Å². The van der Waals surface area contributed by atoms with Crippen molar-refractivity contribution < 1.29 is 0 Å². The maximum absolute atomic E-state index is 4.01. The van der Waals surface area contributed by atoms with Crippen LogP contribution < -0.4 is 5.32 Å². The molecule has 3 rings (SSSR count). The van der Waals surface area contributed by atoms with Gasteiger partial charge in [0.25, 0.3) is 0 Å². The Morgan fingerprint density at radius 2 is 1.80 bits per heavy atom. The van der Waals surface area contributed by atoms with Gasteiger partial charge in [-0.3, -0.25) is 4.90 Å². The summed E-state index contributed by atoms with van der Waals surface area (Å²) < 4.78 is 0. The van der Waals surface area contributed by atoms with Crippen LogP contribution in [0.1, 0.15) is 36.0 Å². The molecule has 25 heavy (non-hydrogen) atoms. The molecule has 0 amide bonds. The second kappa shape index (κ2) is 7.88. The van der Waals surface area contributed by atoms with E-state index in [9.17, 15) is 0 Å². The largest absolute Gasteiger partial charge is 0.379 e. The number of hydrogen-bond acceptors (Lipinski definition) is 2. The lowest BCUT2D eigenvalue weighted by Crippen LogP contribution is -2.48. The molecule has 1 N–H and O–H groups in total. The van der Waals surface area contributed by atoms with Crippen molar-refractivity contribution in [3.8, 4) is 0 Å². The number of likely N-dealkylation sites (tertiary alicyclic amines) is 1. The van der Waals surface area contributed by atoms with Gasteiger partial charge in [-0.15, -0.1) is 6.58 Å². The van der Waals surface area contributed by atoms with Gasteiger partial charge in [0.2, 0.25) is 0 Å². The van der Waals surface area contributed by atoms with Crippen LogP contribution >= 0.6 is 0 Å². The molecule has 1 saturated heterocycles. The summed E-state index contributed by atoms with van der Waals surface area (Å²) in [6.07, 6.45) is 5.39. The highest BCUT2D eigenvalue weighted by molar-refractivity contribution is 5.54. The van der Waals surface area contributed by atoms with Gasteiger partial charge in [0, 0.05) is 30.9 Å². The molecule has 1 aliphatic rings. The lowest BCUT2D eigenvalue weighted by atomic mass is 9.83. The minimum atomic E-state index is 0.134. The molecule has 1 aliphatic heterocycles. The second-order valence-electron chi connectivity index (χ2n) is 7.48. The Morgan fingerprint density at radius 1 is 1.08 bits per heavy atom. The molecule has 0 saturated carbocycles. The quantitative estimate of drug-likeness (QED) is 0.719. The van der Waals surface area contributed by atoms with Crippen LogP contribution in [0.15, 0.2) is 61.2 Å². The smallest absolute Gasteiger partial charge is 0.0432 e. The average molecular weight is 335 g/mol.